The number of nitrogens with one attached hydrogen (secondary N) is 1. The Hall–Kier alpha value is -1.30. The zero-order valence-corrected chi connectivity index (χ0v) is 12.0. The first kappa shape index (κ1) is 16.1. The number of anilines is 1. The molecule has 118 valence electrons. The van der Waals surface area contributed by atoms with E-state index >= 15 is 0 Å². The Balaban J connectivity index is 2.24. The minimum absolute atomic E-state index is 0.122. The molecule has 1 aromatic carbocycles. The Kier molecular flexibility index (Phi) is 5.08. The van der Waals surface area contributed by atoms with Gasteiger partial charge in [-0.1, -0.05) is 19.1 Å². The topological polar surface area (TPSA) is 15.3 Å². The minimum atomic E-state index is -4.22. The molecule has 6 heteroatoms. The van der Waals surface area contributed by atoms with E-state index in [-0.39, 0.29) is 13.0 Å². The summed E-state index contributed by atoms with van der Waals surface area (Å²) >= 11 is 0. The van der Waals surface area contributed by atoms with Gasteiger partial charge in [-0.15, -0.1) is 0 Å². The fraction of sp³-hybridized carbons (Fsp3) is 0.600. The molecule has 2 nitrogen and oxygen atoms in total. The molecule has 1 aromatic rings. The van der Waals surface area contributed by atoms with E-state index in [1.165, 1.54) is 6.07 Å². The fourth-order valence-electron chi connectivity index (χ4n) is 2.76. The Morgan fingerprint density at radius 3 is 2.76 bits per heavy atom. The predicted molar refractivity (Wildman–Crippen MR) is 74.8 cm³/mol. The number of hydrogen-bond acceptors (Lipinski definition) is 2. The van der Waals surface area contributed by atoms with Gasteiger partial charge in [-0.25, -0.2) is 4.39 Å². The first-order valence-corrected chi connectivity index (χ1v) is 7.23. The molecule has 21 heavy (non-hydrogen) atoms. The maximum atomic E-state index is 14.1. The number of hydrogen-bond donors (Lipinski definition) is 1. The van der Waals surface area contributed by atoms with Gasteiger partial charge in [0.05, 0.1) is 11.6 Å². The lowest BCUT2D eigenvalue weighted by Gasteiger charge is -2.36. The summed E-state index contributed by atoms with van der Waals surface area (Å²) in [6, 6.07) is 4.66. The van der Waals surface area contributed by atoms with Crippen LogP contribution in [0.1, 0.15) is 25.3 Å². The molecule has 0 radical (unpaired) electrons. The van der Waals surface area contributed by atoms with Crippen molar-refractivity contribution in [2.24, 2.45) is 5.92 Å². The van der Waals surface area contributed by atoms with Crippen LogP contribution in [0.15, 0.2) is 18.2 Å². The van der Waals surface area contributed by atoms with E-state index in [0.29, 0.717) is 30.8 Å². The second-order valence-corrected chi connectivity index (χ2v) is 5.35. The lowest BCUT2D eigenvalue weighted by molar-refractivity contribution is -0.176. The maximum absolute atomic E-state index is 14.1. The number of alkyl halides is 3. The lowest BCUT2D eigenvalue weighted by Crippen LogP contribution is -2.42. The van der Waals surface area contributed by atoms with Gasteiger partial charge < -0.3 is 10.2 Å². The van der Waals surface area contributed by atoms with Gasteiger partial charge in [0.25, 0.3) is 0 Å². The van der Waals surface area contributed by atoms with Crippen molar-refractivity contribution in [2.75, 3.05) is 24.5 Å². The summed E-state index contributed by atoms with van der Waals surface area (Å²) in [6.07, 6.45) is -3.66. The maximum Gasteiger partial charge on any atom is 0.393 e. The number of piperidine rings is 1. The van der Waals surface area contributed by atoms with Crippen LogP contribution >= 0.6 is 0 Å². The normalized spacial score (nSPS) is 19.9. The second-order valence-electron chi connectivity index (χ2n) is 5.35. The van der Waals surface area contributed by atoms with Crippen molar-refractivity contribution in [2.45, 2.75) is 32.5 Å². The smallest absolute Gasteiger partial charge is 0.368 e. The molecular formula is C15H20F4N2. The van der Waals surface area contributed by atoms with E-state index in [4.69, 9.17) is 0 Å². The highest BCUT2D eigenvalue weighted by Crippen LogP contribution is 2.36. The van der Waals surface area contributed by atoms with E-state index < -0.39 is 17.9 Å². The standard InChI is InChI=1S/C15H20F4N2/c1-2-20-9-11-5-3-7-13(16)14(11)21-8-4-6-12(10-21)15(17,18)19/h3,5,7,12,20H,2,4,6,8-10H2,1H3. The molecule has 0 saturated carbocycles. The van der Waals surface area contributed by atoms with E-state index in [0.717, 1.165) is 6.54 Å². The SMILES string of the molecule is CCNCc1cccc(F)c1N1CCCC(C(F)(F)F)C1. The van der Waals surface area contributed by atoms with Gasteiger partial charge in [-0.3, -0.25) is 0 Å². The van der Waals surface area contributed by atoms with Crippen molar-refractivity contribution < 1.29 is 17.6 Å². The summed E-state index contributed by atoms with van der Waals surface area (Å²) < 4.78 is 52.8. The summed E-state index contributed by atoms with van der Waals surface area (Å²) in [4.78, 5) is 1.55. The summed E-state index contributed by atoms with van der Waals surface area (Å²) in [5.41, 5.74) is 1.02. The Morgan fingerprint density at radius 1 is 1.33 bits per heavy atom. The van der Waals surface area contributed by atoms with Crippen LogP contribution < -0.4 is 10.2 Å². The van der Waals surface area contributed by atoms with Gasteiger partial charge in [0.1, 0.15) is 5.82 Å². The van der Waals surface area contributed by atoms with Gasteiger partial charge in [-0.05, 0) is 31.0 Å². The van der Waals surface area contributed by atoms with Gasteiger partial charge in [0.15, 0.2) is 0 Å². The summed E-state index contributed by atoms with van der Waals surface area (Å²) in [6.45, 7) is 3.41. The molecule has 0 amide bonds. The Morgan fingerprint density at radius 2 is 2.10 bits per heavy atom. The third-order valence-corrected chi connectivity index (χ3v) is 3.84. The fourth-order valence-corrected chi connectivity index (χ4v) is 2.76. The van der Waals surface area contributed by atoms with Crippen LogP contribution in [0.4, 0.5) is 23.2 Å². The van der Waals surface area contributed by atoms with Crippen LogP contribution in [0, 0.1) is 11.7 Å². The van der Waals surface area contributed by atoms with Crippen LogP contribution in [-0.2, 0) is 6.54 Å². The third-order valence-electron chi connectivity index (χ3n) is 3.84. The number of halogens is 4. The molecule has 0 bridgehead atoms. The second kappa shape index (κ2) is 6.64. The molecule has 0 aliphatic carbocycles. The minimum Gasteiger partial charge on any atom is -0.368 e. The van der Waals surface area contributed by atoms with E-state index in [2.05, 4.69) is 5.32 Å². The van der Waals surface area contributed by atoms with Crippen LogP contribution in [-0.4, -0.2) is 25.8 Å². The monoisotopic (exact) mass is 304 g/mol. The van der Waals surface area contributed by atoms with Gasteiger partial charge >= 0.3 is 6.18 Å². The van der Waals surface area contributed by atoms with Gasteiger partial charge in [-0.2, -0.15) is 13.2 Å². The lowest BCUT2D eigenvalue weighted by atomic mass is 9.96. The average Bonchev–Trinajstić information content (AvgIpc) is 2.44. The van der Waals surface area contributed by atoms with Crippen LogP contribution in [0.2, 0.25) is 0 Å². The number of nitrogens with zero attached hydrogens (tertiary/aromatic N) is 1. The summed E-state index contributed by atoms with van der Waals surface area (Å²) in [5, 5.41) is 3.10. The van der Waals surface area contributed by atoms with Crippen LogP contribution in [0.25, 0.3) is 0 Å². The van der Waals surface area contributed by atoms with E-state index in [1.807, 2.05) is 6.92 Å². The van der Waals surface area contributed by atoms with Crippen LogP contribution in [0.3, 0.4) is 0 Å². The summed E-state index contributed by atoms with van der Waals surface area (Å²) in [5.74, 6) is -1.83. The molecule has 1 aliphatic heterocycles. The van der Waals surface area contributed by atoms with Gasteiger partial charge in [0, 0.05) is 19.6 Å². The predicted octanol–water partition coefficient (Wildman–Crippen LogP) is 3.71. The quantitative estimate of drug-likeness (QED) is 0.853. The van der Waals surface area contributed by atoms with Crippen molar-refractivity contribution in [3.63, 3.8) is 0 Å². The third kappa shape index (κ3) is 3.87. The highest BCUT2D eigenvalue weighted by Gasteiger charge is 2.42. The van der Waals surface area contributed by atoms with Crippen molar-refractivity contribution in [3.05, 3.63) is 29.6 Å². The number of benzene rings is 1. The van der Waals surface area contributed by atoms with Crippen molar-refractivity contribution in [1.29, 1.82) is 0 Å². The molecule has 1 saturated heterocycles. The Labute approximate surface area is 122 Å². The molecular weight excluding hydrogens is 284 g/mol. The largest absolute Gasteiger partial charge is 0.393 e. The van der Waals surface area contributed by atoms with E-state index in [1.54, 1.807) is 17.0 Å². The molecule has 1 unspecified atom stereocenters. The average molecular weight is 304 g/mol. The molecule has 2 rings (SSSR count). The number of para-hydroxylation sites is 1. The first-order chi connectivity index (χ1) is 9.93. The number of rotatable bonds is 4. The zero-order chi connectivity index (χ0) is 15.5. The van der Waals surface area contributed by atoms with Crippen LogP contribution in [0.5, 0.6) is 0 Å². The molecule has 1 aliphatic rings. The first-order valence-electron chi connectivity index (χ1n) is 7.23. The highest BCUT2D eigenvalue weighted by molar-refractivity contribution is 5.55. The highest BCUT2D eigenvalue weighted by atomic mass is 19.4. The van der Waals surface area contributed by atoms with E-state index in [9.17, 15) is 17.6 Å². The molecule has 1 atom stereocenters. The molecule has 0 spiro atoms. The zero-order valence-electron chi connectivity index (χ0n) is 12.0. The molecule has 0 aromatic heterocycles. The Bertz CT molecular complexity index is 473. The molecule has 1 fully saturated rings. The molecule has 1 N–H and O–H groups in total. The van der Waals surface area contributed by atoms with Crippen molar-refractivity contribution in [3.8, 4) is 0 Å². The van der Waals surface area contributed by atoms with Gasteiger partial charge in [0.2, 0.25) is 0 Å². The molecule has 1 heterocycles. The van der Waals surface area contributed by atoms with Crippen molar-refractivity contribution >= 4 is 5.69 Å². The van der Waals surface area contributed by atoms with Crippen molar-refractivity contribution in [1.82, 2.24) is 5.32 Å². The summed E-state index contributed by atoms with van der Waals surface area (Å²) in [7, 11) is 0.